The van der Waals surface area contributed by atoms with Crippen molar-refractivity contribution in [1.29, 1.82) is 0 Å². The van der Waals surface area contributed by atoms with E-state index in [9.17, 15) is 24.5 Å². The molecule has 4 aromatic rings. The number of nitro benzene ring substituents is 1. The summed E-state index contributed by atoms with van der Waals surface area (Å²) < 4.78 is 6.39. The molecule has 2 aromatic heterocycles. The Morgan fingerprint density at radius 3 is 2.45 bits per heavy atom. The molecule has 0 radical (unpaired) electrons. The summed E-state index contributed by atoms with van der Waals surface area (Å²) in [6.07, 6.45) is -0.391. The average molecular weight is 537 g/mol. The lowest BCUT2D eigenvalue weighted by Crippen LogP contribution is -2.51. The molecule has 0 atom stereocenters. The summed E-state index contributed by atoms with van der Waals surface area (Å²) in [7, 11) is 0. The van der Waals surface area contributed by atoms with Crippen LogP contribution in [-0.4, -0.2) is 79.8 Å². The number of aromatic amines is 1. The van der Waals surface area contributed by atoms with Gasteiger partial charge >= 0.3 is 6.09 Å². The molecule has 0 spiro atoms. The number of hydrogen-bond donors (Lipinski definition) is 1. The number of ether oxygens (including phenoxy) is 1. The second-order valence-corrected chi connectivity index (χ2v) is 9.50. The number of fused-ring (bicyclic) bond motifs is 3. The molecule has 0 saturated carbocycles. The summed E-state index contributed by atoms with van der Waals surface area (Å²) >= 11 is 1.12. The van der Waals surface area contributed by atoms with Crippen molar-refractivity contribution in [1.82, 2.24) is 24.3 Å². The van der Waals surface area contributed by atoms with E-state index in [1.807, 2.05) is 24.3 Å². The van der Waals surface area contributed by atoms with E-state index in [4.69, 9.17) is 9.72 Å². The van der Waals surface area contributed by atoms with E-state index in [1.165, 1.54) is 28.8 Å². The Labute approximate surface area is 220 Å². The standard InChI is InChI=1S/C25H24N6O6S/c1-2-37-25(34)29-13-11-28(12-14-29)20(32)15-38-24-27-21-18-5-3-4-6-19(18)26-22(21)23(33)30(24)16-7-9-17(10-8-16)31(35)36/h3-10,26H,2,11-15H2,1H3. The molecule has 12 nitrogen and oxygen atoms in total. The minimum atomic E-state index is -0.512. The highest BCUT2D eigenvalue weighted by Gasteiger charge is 2.26. The van der Waals surface area contributed by atoms with E-state index < -0.39 is 11.0 Å². The number of H-pyrrole nitrogens is 1. The normalized spacial score (nSPS) is 13.7. The number of para-hydroxylation sites is 1. The Balaban J connectivity index is 1.44. The largest absolute Gasteiger partial charge is 0.450 e. The second-order valence-electron chi connectivity index (χ2n) is 8.56. The van der Waals surface area contributed by atoms with Crippen LogP contribution in [0.2, 0.25) is 0 Å². The van der Waals surface area contributed by atoms with Crippen molar-refractivity contribution in [2.24, 2.45) is 0 Å². The number of hydrogen-bond acceptors (Lipinski definition) is 8. The van der Waals surface area contributed by atoms with Gasteiger partial charge in [-0.25, -0.2) is 9.78 Å². The third kappa shape index (κ3) is 4.79. The lowest BCUT2D eigenvalue weighted by molar-refractivity contribution is -0.384. The molecule has 3 heterocycles. The van der Waals surface area contributed by atoms with Crippen LogP contribution < -0.4 is 5.56 Å². The Morgan fingerprint density at radius 1 is 1.08 bits per heavy atom. The molecule has 38 heavy (non-hydrogen) atoms. The smallest absolute Gasteiger partial charge is 0.409 e. The number of non-ortho nitro benzene ring substituents is 1. The first-order chi connectivity index (χ1) is 18.4. The maximum absolute atomic E-state index is 13.6. The van der Waals surface area contributed by atoms with Gasteiger partial charge < -0.3 is 19.5 Å². The van der Waals surface area contributed by atoms with Gasteiger partial charge in [0, 0.05) is 49.2 Å². The van der Waals surface area contributed by atoms with Crippen LogP contribution >= 0.6 is 11.8 Å². The summed E-state index contributed by atoms with van der Waals surface area (Å²) in [4.78, 5) is 60.3. The van der Waals surface area contributed by atoms with Gasteiger partial charge in [0.15, 0.2) is 5.16 Å². The number of carbonyl (C=O) groups excluding carboxylic acids is 2. The van der Waals surface area contributed by atoms with Crippen LogP contribution in [0.15, 0.2) is 58.5 Å². The summed E-state index contributed by atoms with van der Waals surface area (Å²) in [5, 5.41) is 12.2. The molecule has 5 rings (SSSR count). The van der Waals surface area contributed by atoms with Crippen LogP contribution in [0.25, 0.3) is 27.6 Å². The zero-order chi connectivity index (χ0) is 26.8. The van der Waals surface area contributed by atoms with E-state index in [0.717, 1.165) is 22.7 Å². The molecule has 13 heteroatoms. The zero-order valence-electron chi connectivity index (χ0n) is 20.5. The predicted octanol–water partition coefficient (Wildman–Crippen LogP) is 3.17. The van der Waals surface area contributed by atoms with E-state index in [-0.39, 0.29) is 22.9 Å². The van der Waals surface area contributed by atoms with Gasteiger partial charge in [-0.2, -0.15) is 0 Å². The number of nitrogens with zero attached hydrogens (tertiary/aromatic N) is 5. The van der Waals surface area contributed by atoms with Crippen LogP contribution in [0, 0.1) is 10.1 Å². The first-order valence-corrected chi connectivity index (χ1v) is 13.0. The van der Waals surface area contributed by atoms with E-state index in [0.29, 0.717) is 54.7 Å². The highest BCUT2D eigenvalue weighted by molar-refractivity contribution is 7.99. The highest BCUT2D eigenvalue weighted by atomic mass is 32.2. The Kier molecular flexibility index (Phi) is 7.01. The Hall–Kier alpha value is -4.39. The molecule has 196 valence electrons. The predicted molar refractivity (Wildman–Crippen MR) is 142 cm³/mol. The molecule has 1 aliphatic rings. The van der Waals surface area contributed by atoms with Gasteiger partial charge in [0.05, 0.1) is 23.0 Å². The van der Waals surface area contributed by atoms with Crippen molar-refractivity contribution in [3.63, 3.8) is 0 Å². The number of nitrogens with one attached hydrogen (secondary N) is 1. The van der Waals surface area contributed by atoms with E-state index in [1.54, 1.807) is 16.7 Å². The van der Waals surface area contributed by atoms with E-state index >= 15 is 0 Å². The second kappa shape index (κ2) is 10.5. The van der Waals surface area contributed by atoms with Crippen molar-refractivity contribution in [2.75, 3.05) is 38.5 Å². The summed E-state index contributed by atoms with van der Waals surface area (Å²) in [6.45, 7) is 3.54. The number of nitro groups is 1. The van der Waals surface area contributed by atoms with E-state index in [2.05, 4.69) is 4.98 Å². The molecular weight excluding hydrogens is 512 g/mol. The molecule has 2 amide bonds. The lowest BCUT2D eigenvalue weighted by Gasteiger charge is -2.34. The van der Waals surface area contributed by atoms with Gasteiger partial charge in [0.2, 0.25) is 5.91 Å². The number of carbonyl (C=O) groups is 2. The number of piperazine rings is 1. The Bertz CT molecular complexity index is 1590. The quantitative estimate of drug-likeness (QED) is 0.171. The molecule has 0 aliphatic carbocycles. The molecule has 1 saturated heterocycles. The van der Waals surface area contributed by atoms with Crippen LogP contribution in [0.4, 0.5) is 10.5 Å². The number of amides is 2. The maximum atomic E-state index is 13.6. The number of thioether (sulfide) groups is 1. The fourth-order valence-corrected chi connectivity index (χ4v) is 5.27. The SMILES string of the molecule is CCOC(=O)N1CCN(C(=O)CSc2nc3c([nH]c4ccccc43)c(=O)n2-c2ccc([N+](=O)[O-])cc2)CC1. The molecule has 2 aromatic carbocycles. The number of aromatic nitrogens is 3. The third-order valence-corrected chi connectivity index (χ3v) is 7.22. The van der Waals surface area contributed by atoms with Crippen LogP contribution in [0.3, 0.4) is 0 Å². The minimum absolute atomic E-state index is 0.0205. The van der Waals surface area contributed by atoms with Crippen molar-refractivity contribution < 1.29 is 19.2 Å². The summed E-state index contributed by atoms with van der Waals surface area (Å²) in [5.41, 5.74) is 1.45. The fourth-order valence-electron chi connectivity index (χ4n) is 4.36. The van der Waals surface area contributed by atoms with Crippen molar-refractivity contribution in [2.45, 2.75) is 12.1 Å². The van der Waals surface area contributed by atoms with Gasteiger partial charge in [0.1, 0.15) is 11.0 Å². The van der Waals surface area contributed by atoms with Gasteiger partial charge in [-0.3, -0.25) is 24.3 Å². The third-order valence-electron chi connectivity index (χ3n) is 6.30. The van der Waals surface area contributed by atoms with Crippen LogP contribution in [-0.2, 0) is 9.53 Å². The average Bonchev–Trinajstić information content (AvgIpc) is 3.31. The molecule has 1 N–H and O–H groups in total. The van der Waals surface area contributed by atoms with Gasteiger partial charge in [0.25, 0.3) is 11.2 Å². The van der Waals surface area contributed by atoms with Gasteiger partial charge in [-0.15, -0.1) is 0 Å². The molecule has 1 fully saturated rings. The first kappa shape index (κ1) is 25.3. The molecule has 0 bridgehead atoms. The fraction of sp³-hybridized carbons (Fsp3) is 0.280. The maximum Gasteiger partial charge on any atom is 0.409 e. The number of benzene rings is 2. The van der Waals surface area contributed by atoms with Crippen molar-refractivity contribution >= 4 is 51.4 Å². The van der Waals surface area contributed by atoms with Crippen molar-refractivity contribution in [3.05, 3.63) is 69.0 Å². The monoisotopic (exact) mass is 536 g/mol. The topological polar surface area (TPSA) is 144 Å². The van der Waals surface area contributed by atoms with Crippen LogP contribution in [0.1, 0.15) is 6.92 Å². The van der Waals surface area contributed by atoms with Gasteiger partial charge in [-0.1, -0.05) is 30.0 Å². The highest BCUT2D eigenvalue weighted by Crippen LogP contribution is 2.27. The lowest BCUT2D eigenvalue weighted by atomic mass is 10.2. The zero-order valence-corrected chi connectivity index (χ0v) is 21.3. The summed E-state index contributed by atoms with van der Waals surface area (Å²) in [6, 6.07) is 13.0. The van der Waals surface area contributed by atoms with Gasteiger partial charge in [-0.05, 0) is 25.1 Å². The minimum Gasteiger partial charge on any atom is -0.450 e. The molecular formula is C25H24N6O6S. The Morgan fingerprint density at radius 2 is 1.76 bits per heavy atom. The van der Waals surface area contributed by atoms with Crippen LogP contribution in [0.5, 0.6) is 0 Å². The first-order valence-electron chi connectivity index (χ1n) is 12.0. The van der Waals surface area contributed by atoms with Crippen molar-refractivity contribution in [3.8, 4) is 5.69 Å². The molecule has 1 aliphatic heterocycles. The number of rotatable bonds is 6. The summed E-state index contributed by atoms with van der Waals surface area (Å²) in [5.74, 6) is -0.130. The molecule has 0 unspecified atom stereocenters.